The van der Waals surface area contributed by atoms with E-state index in [0.717, 1.165) is 15.6 Å². The number of amides is 1. The molecule has 0 aliphatic rings. The number of ether oxygens (including phenoxy) is 3. The highest BCUT2D eigenvalue weighted by molar-refractivity contribution is 9.10. The number of hydrogen-bond acceptors (Lipinski definition) is 5. The van der Waals surface area contributed by atoms with Gasteiger partial charge in [-0.2, -0.15) is 5.10 Å². The van der Waals surface area contributed by atoms with E-state index in [1.165, 1.54) is 7.11 Å². The largest absolute Gasteiger partial charge is 0.497 e. The highest BCUT2D eigenvalue weighted by atomic mass is 79.9. The van der Waals surface area contributed by atoms with E-state index in [9.17, 15) is 4.79 Å². The Hall–Kier alpha value is -3.32. The summed E-state index contributed by atoms with van der Waals surface area (Å²) in [5, 5.41) is 4.03. The van der Waals surface area contributed by atoms with Gasteiger partial charge in [0.2, 0.25) is 0 Å². The fraction of sp³-hybridized carbons (Fsp3) is 0.130. The summed E-state index contributed by atoms with van der Waals surface area (Å²) < 4.78 is 17.2. The van der Waals surface area contributed by atoms with Crippen molar-refractivity contribution in [2.45, 2.75) is 6.61 Å². The molecule has 1 N–H and O–H groups in total. The third-order valence-electron chi connectivity index (χ3n) is 4.21. The molecular formula is C23H21BrN2O4. The second-order valence-corrected chi connectivity index (χ2v) is 7.17. The number of benzene rings is 3. The van der Waals surface area contributed by atoms with Gasteiger partial charge in [-0.3, -0.25) is 4.79 Å². The van der Waals surface area contributed by atoms with Crippen molar-refractivity contribution in [3.05, 3.63) is 87.9 Å². The molecule has 0 atom stereocenters. The molecule has 154 valence electrons. The molecule has 30 heavy (non-hydrogen) atoms. The molecule has 3 aromatic carbocycles. The van der Waals surface area contributed by atoms with Crippen LogP contribution >= 0.6 is 15.9 Å². The molecule has 3 rings (SSSR count). The average molecular weight is 469 g/mol. The van der Waals surface area contributed by atoms with Crippen molar-refractivity contribution in [3.8, 4) is 17.2 Å². The maximum Gasteiger partial charge on any atom is 0.275 e. The number of rotatable bonds is 8. The van der Waals surface area contributed by atoms with E-state index in [1.54, 1.807) is 31.5 Å². The normalized spacial score (nSPS) is 10.6. The van der Waals surface area contributed by atoms with Gasteiger partial charge in [-0.1, -0.05) is 40.2 Å². The van der Waals surface area contributed by atoms with Gasteiger partial charge in [-0.25, -0.2) is 5.43 Å². The first kappa shape index (κ1) is 21.4. The lowest BCUT2D eigenvalue weighted by Gasteiger charge is -2.09. The lowest BCUT2D eigenvalue weighted by Crippen LogP contribution is -2.18. The summed E-state index contributed by atoms with van der Waals surface area (Å²) in [4.78, 5) is 12.4. The molecule has 7 heteroatoms. The molecular weight excluding hydrogens is 448 g/mol. The van der Waals surface area contributed by atoms with Crippen LogP contribution in [0.1, 0.15) is 21.5 Å². The van der Waals surface area contributed by atoms with Gasteiger partial charge in [0.25, 0.3) is 5.91 Å². The third-order valence-corrected chi connectivity index (χ3v) is 4.74. The van der Waals surface area contributed by atoms with Crippen LogP contribution in [0.3, 0.4) is 0 Å². The topological polar surface area (TPSA) is 69.2 Å². The van der Waals surface area contributed by atoms with Crippen LogP contribution < -0.4 is 19.6 Å². The number of hydrogen-bond donors (Lipinski definition) is 1. The van der Waals surface area contributed by atoms with Crippen LogP contribution in [-0.4, -0.2) is 26.3 Å². The molecule has 0 heterocycles. The fourth-order valence-corrected chi connectivity index (χ4v) is 2.91. The van der Waals surface area contributed by atoms with Crippen LogP contribution in [0.2, 0.25) is 0 Å². The van der Waals surface area contributed by atoms with Gasteiger partial charge in [-0.15, -0.1) is 0 Å². The van der Waals surface area contributed by atoms with Gasteiger partial charge in [-0.05, 0) is 47.5 Å². The molecule has 0 aliphatic heterocycles. The highest BCUT2D eigenvalue weighted by Crippen LogP contribution is 2.24. The molecule has 0 spiro atoms. The summed E-state index contributed by atoms with van der Waals surface area (Å²) in [5.74, 6) is 1.34. The van der Waals surface area contributed by atoms with Crippen molar-refractivity contribution in [3.63, 3.8) is 0 Å². The van der Waals surface area contributed by atoms with E-state index in [4.69, 9.17) is 14.2 Å². The minimum absolute atomic E-state index is 0.363. The maximum atomic E-state index is 12.4. The molecule has 0 saturated heterocycles. The third kappa shape index (κ3) is 5.84. The molecule has 6 nitrogen and oxygen atoms in total. The fourth-order valence-electron chi connectivity index (χ4n) is 2.64. The van der Waals surface area contributed by atoms with Crippen LogP contribution in [0.15, 0.2) is 76.3 Å². The Morgan fingerprint density at radius 2 is 1.80 bits per heavy atom. The van der Waals surface area contributed by atoms with E-state index in [-0.39, 0.29) is 5.91 Å². The van der Waals surface area contributed by atoms with E-state index in [1.807, 2.05) is 48.5 Å². The molecule has 0 bridgehead atoms. The summed E-state index contributed by atoms with van der Waals surface area (Å²) >= 11 is 3.42. The first-order valence-corrected chi connectivity index (χ1v) is 9.91. The zero-order valence-electron chi connectivity index (χ0n) is 16.6. The Balaban J connectivity index is 1.60. The van der Waals surface area contributed by atoms with Gasteiger partial charge in [0, 0.05) is 10.5 Å². The number of carbonyl (C=O) groups is 1. The second kappa shape index (κ2) is 10.5. The molecule has 0 radical (unpaired) electrons. The monoisotopic (exact) mass is 468 g/mol. The van der Waals surface area contributed by atoms with Crippen molar-refractivity contribution < 1.29 is 19.0 Å². The predicted molar refractivity (Wildman–Crippen MR) is 120 cm³/mol. The summed E-state index contributed by atoms with van der Waals surface area (Å²) in [6.07, 6.45) is 1.56. The number of nitrogens with one attached hydrogen (secondary N) is 1. The average Bonchev–Trinajstić information content (AvgIpc) is 2.78. The van der Waals surface area contributed by atoms with Gasteiger partial charge in [0.05, 0.1) is 26.0 Å². The minimum Gasteiger partial charge on any atom is -0.497 e. The SMILES string of the molecule is COc1ccc(C(=O)N/N=C\c2cccc(OCc3ccc(Br)cc3)c2)c(OC)c1. The van der Waals surface area contributed by atoms with Crippen molar-refractivity contribution in [1.82, 2.24) is 5.43 Å². The summed E-state index contributed by atoms with van der Waals surface area (Å²) in [6, 6.07) is 20.4. The molecule has 0 fully saturated rings. The van der Waals surface area contributed by atoms with Crippen molar-refractivity contribution in [1.29, 1.82) is 0 Å². The first-order valence-electron chi connectivity index (χ1n) is 9.12. The quantitative estimate of drug-likeness (QED) is 0.380. The van der Waals surface area contributed by atoms with Crippen LogP contribution in [0.25, 0.3) is 0 Å². The van der Waals surface area contributed by atoms with Crippen molar-refractivity contribution in [2.75, 3.05) is 14.2 Å². The van der Waals surface area contributed by atoms with Gasteiger partial charge in [0.15, 0.2) is 0 Å². The smallest absolute Gasteiger partial charge is 0.275 e. The Labute approximate surface area is 183 Å². The predicted octanol–water partition coefficient (Wildman–Crippen LogP) is 4.81. The molecule has 0 aromatic heterocycles. The molecule has 0 saturated carbocycles. The Bertz CT molecular complexity index is 1040. The number of methoxy groups -OCH3 is 2. The van der Waals surface area contributed by atoms with E-state index in [0.29, 0.717) is 29.4 Å². The van der Waals surface area contributed by atoms with Gasteiger partial charge in [0.1, 0.15) is 23.9 Å². The lowest BCUT2D eigenvalue weighted by atomic mass is 10.2. The first-order chi connectivity index (χ1) is 14.6. The van der Waals surface area contributed by atoms with Crippen molar-refractivity contribution in [2.24, 2.45) is 5.10 Å². The van der Waals surface area contributed by atoms with Crippen LogP contribution in [0, 0.1) is 0 Å². The summed E-state index contributed by atoms with van der Waals surface area (Å²) in [7, 11) is 3.05. The summed E-state index contributed by atoms with van der Waals surface area (Å²) in [6.45, 7) is 0.460. The standard InChI is InChI=1S/C23H21BrN2O4/c1-28-19-10-11-21(22(13-19)29-2)23(27)26-25-14-17-4-3-5-20(12-17)30-15-16-6-8-18(24)9-7-16/h3-14H,15H2,1-2H3,(H,26,27)/b25-14-. The zero-order valence-corrected chi connectivity index (χ0v) is 18.2. The Kier molecular flexibility index (Phi) is 7.45. The van der Waals surface area contributed by atoms with E-state index < -0.39 is 0 Å². The summed E-state index contributed by atoms with van der Waals surface area (Å²) in [5.41, 5.74) is 4.73. The Morgan fingerprint density at radius 1 is 1.00 bits per heavy atom. The Morgan fingerprint density at radius 3 is 2.53 bits per heavy atom. The minimum atomic E-state index is -0.381. The lowest BCUT2D eigenvalue weighted by molar-refractivity contribution is 0.0952. The highest BCUT2D eigenvalue weighted by Gasteiger charge is 2.12. The number of nitrogens with zero attached hydrogens (tertiary/aromatic N) is 1. The van der Waals surface area contributed by atoms with Crippen LogP contribution in [0.5, 0.6) is 17.2 Å². The molecule has 0 unspecified atom stereocenters. The van der Waals surface area contributed by atoms with E-state index >= 15 is 0 Å². The van der Waals surface area contributed by atoms with Gasteiger partial charge >= 0.3 is 0 Å². The molecule has 3 aromatic rings. The second-order valence-electron chi connectivity index (χ2n) is 6.25. The van der Waals surface area contributed by atoms with Crippen LogP contribution in [-0.2, 0) is 6.61 Å². The number of hydrazone groups is 1. The van der Waals surface area contributed by atoms with E-state index in [2.05, 4.69) is 26.5 Å². The zero-order chi connectivity index (χ0) is 21.3. The number of carbonyl (C=O) groups excluding carboxylic acids is 1. The van der Waals surface area contributed by atoms with Crippen LogP contribution in [0.4, 0.5) is 0 Å². The molecule has 0 aliphatic carbocycles. The molecule has 1 amide bonds. The van der Waals surface area contributed by atoms with Gasteiger partial charge < -0.3 is 14.2 Å². The van der Waals surface area contributed by atoms with Crippen molar-refractivity contribution >= 4 is 28.1 Å². The number of halogens is 1. The maximum absolute atomic E-state index is 12.4.